The second-order valence-electron chi connectivity index (χ2n) is 9.47. The van der Waals surface area contributed by atoms with Crippen LogP contribution in [0.4, 0.5) is 5.69 Å². The van der Waals surface area contributed by atoms with Crippen LogP contribution in [0, 0.1) is 5.92 Å². The van der Waals surface area contributed by atoms with Crippen LogP contribution in [-0.2, 0) is 14.3 Å². The summed E-state index contributed by atoms with van der Waals surface area (Å²) in [6, 6.07) is 6.61. The van der Waals surface area contributed by atoms with Crippen LogP contribution in [0.5, 0.6) is 0 Å². The number of amides is 2. The molecule has 0 aromatic heterocycles. The quantitative estimate of drug-likeness (QED) is 0.486. The smallest absolute Gasteiger partial charge is 0.397 e. The lowest BCUT2D eigenvalue weighted by molar-refractivity contribution is -0.152. The Balaban J connectivity index is 1.48. The molecule has 7 heteroatoms. The summed E-state index contributed by atoms with van der Waals surface area (Å²) in [6.45, 7) is 3.96. The van der Waals surface area contributed by atoms with Crippen molar-refractivity contribution in [2.24, 2.45) is 5.92 Å². The number of likely N-dealkylation sites (tertiary alicyclic amines) is 1. The normalized spacial score (nSPS) is 22.7. The highest BCUT2D eigenvalue weighted by atomic mass is 16.5. The van der Waals surface area contributed by atoms with Crippen LogP contribution in [0.2, 0.25) is 0 Å². The minimum Gasteiger partial charge on any atom is -0.459 e. The number of hydrogen-bond acceptors (Lipinski definition) is 5. The van der Waals surface area contributed by atoms with Crippen molar-refractivity contribution >= 4 is 23.5 Å². The van der Waals surface area contributed by atoms with Crippen molar-refractivity contribution in [3.05, 3.63) is 53.8 Å². The maximum atomic E-state index is 13.4. The summed E-state index contributed by atoms with van der Waals surface area (Å²) in [5.74, 6) is -1.47. The Morgan fingerprint density at radius 3 is 2.41 bits per heavy atom. The number of rotatable bonds is 6. The first-order valence-electron chi connectivity index (χ1n) is 12.5. The molecule has 1 saturated carbocycles. The molecular formula is C27H35N3O4. The van der Waals surface area contributed by atoms with Crippen molar-refractivity contribution < 1.29 is 19.1 Å². The van der Waals surface area contributed by atoms with E-state index in [0.29, 0.717) is 17.2 Å². The molecule has 0 radical (unpaired) electrons. The summed E-state index contributed by atoms with van der Waals surface area (Å²) >= 11 is 0. The van der Waals surface area contributed by atoms with Crippen molar-refractivity contribution in [3.63, 3.8) is 0 Å². The lowest BCUT2D eigenvalue weighted by Gasteiger charge is -2.44. The molecule has 0 spiro atoms. The van der Waals surface area contributed by atoms with Gasteiger partial charge in [0.1, 0.15) is 0 Å². The monoisotopic (exact) mass is 465 g/mol. The highest BCUT2D eigenvalue weighted by Gasteiger charge is 2.41. The first kappa shape index (κ1) is 24.0. The number of carbonyl (C=O) groups is 3. The van der Waals surface area contributed by atoms with Crippen molar-refractivity contribution in [1.29, 1.82) is 0 Å². The third kappa shape index (κ3) is 5.51. The molecule has 0 bridgehead atoms. The molecule has 2 fully saturated rings. The average molecular weight is 466 g/mol. The van der Waals surface area contributed by atoms with Crippen molar-refractivity contribution in [2.75, 3.05) is 25.0 Å². The van der Waals surface area contributed by atoms with E-state index in [1.165, 1.54) is 37.8 Å². The molecule has 2 N–H and O–H groups in total. The lowest BCUT2D eigenvalue weighted by atomic mass is 9.70. The molecule has 1 saturated heterocycles. The summed E-state index contributed by atoms with van der Waals surface area (Å²) in [4.78, 5) is 39.2. The third-order valence-corrected chi connectivity index (χ3v) is 7.21. The zero-order valence-electron chi connectivity index (χ0n) is 20.0. The van der Waals surface area contributed by atoms with Gasteiger partial charge in [0.25, 0.3) is 5.91 Å². The topological polar surface area (TPSA) is 87.7 Å². The van der Waals surface area contributed by atoms with Gasteiger partial charge in [-0.25, -0.2) is 4.79 Å². The van der Waals surface area contributed by atoms with E-state index < -0.39 is 11.9 Å². The highest BCUT2D eigenvalue weighted by Crippen LogP contribution is 2.40. The van der Waals surface area contributed by atoms with Gasteiger partial charge in [0.15, 0.2) is 0 Å². The summed E-state index contributed by atoms with van der Waals surface area (Å²) in [6.07, 6.45) is 15.7. The van der Waals surface area contributed by atoms with E-state index in [0.717, 1.165) is 32.4 Å². The Kier molecular flexibility index (Phi) is 7.70. The molecule has 1 aromatic rings. The molecule has 4 rings (SSSR count). The summed E-state index contributed by atoms with van der Waals surface area (Å²) in [5, 5.41) is 5.91. The molecule has 1 unspecified atom stereocenters. The summed E-state index contributed by atoms with van der Waals surface area (Å²) in [7, 11) is 0. The maximum Gasteiger partial charge on any atom is 0.397 e. The number of nitrogens with one attached hydrogen (secondary N) is 2. The van der Waals surface area contributed by atoms with Crippen molar-refractivity contribution in [3.8, 4) is 0 Å². The predicted molar refractivity (Wildman–Crippen MR) is 131 cm³/mol. The Morgan fingerprint density at radius 1 is 1.03 bits per heavy atom. The number of anilines is 1. The van der Waals surface area contributed by atoms with E-state index >= 15 is 0 Å². The third-order valence-electron chi connectivity index (χ3n) is 7.21. The van der Waals surface area contributed by atoms with Crippen LogP contribution in [0.1, 0.15) is 68.6 Å². The molecule has 7 nitrogen and oxygen atoms in total. The van der Waals surface area contributed by atoms with Gasteiger partial charge in [-0.05, 0) is 68.9 Å². The van der Waals surface area contributed by atoms with Crippen LogP contribution >= 0.6 is 0 Å². The second-order valence-corrected chi connectivity index (χ2v) is 9.47. The van der Waals surface area contributed by atoms with Crippen LogP contribution in [-0.4, -0.2) is 47.9 Å². The van der Waals surface area contributed by atoms with E-state index in [4.69, 9.17) is 4.74 Å². The molecular weight excluding hydrogens is 430 g/mol. The largest absolute Gasteiger partial charge is 0.459 e. The van der Waals surface area contributed by atoms with Crippen LogP contribution in [0.3, 0.4) is 0 Å². The van der Waals surface area contributed by atoms with Gasteiger partial charge in [-0.3, -0.25) is 9.59 Å². The number of benzene rings is 1. The van der Waals surface area contributed by atoms with Crippen LogP contribution in [0.15, 0.2) is 48.2 Å². The molecule has 1 atom stereocenters. The fourth-order valence-corrected chi connectivity index (χ4v) is 5.42. The number of allylic oxidation sites excluding steroid dienone is 2. The molecule has 2 aliphatic carbocycles. The Morgan fingerprint density at radius 2 is 1.74 bits per heavy atom. The number of carbonyl (C=O) groups excluding carboxylic acids is 3. The first-order valence-corrected chi connectivity index (χ1v) is 12.5. The molecule has 2 amide bonds. The zero-order chi connectivity index (χ0) is 24.0. The number of hydrogen-bond donors (Lipinski definition) is 2. The predicted octanol–water partition coefficient (Wildman–Crippen LogP) is 4.18. The fourth-order valence-electron chi connectivity index (χ4n) is 5.42. The second kappa shape index (κ2) is 10.9. The molecule has 1 aromatic carbocycles. The van der Waals surface area contributed by atoms with Gasteiger partial charge >= 0.3 is 11.9 Å². The van der Waals surface area contributed by atoms with Gasteiger partial charge < -0.3 is 20.3 Å². The number of ether oxygens (including phenoxy) is 1. The van der Waals surface area contributed by atoms with Crippen LogP contribution in [0.25, 0.3) is 0 Å². The fraction of sp³-hybridized carbons (Fsp3) is 0.519. The standard InChI is InChI=1S/C27H35N3O4/c1-2-34-26(33)25(32)28-22-14-12-20(13-15-22)24(31)29-27(21-9-4-3-5-10-21)16-8-11-23(19-27)30-17-6-7-18-30/h8,11-16,21H,2-7,9-10,17-19H2,1H3,(H,28,32)(H,29,31). The molecule has 34 heavy (non-hydrogen) atoms. The minimum absolute atomic E-state index is 0.124. The maximum absolute atomic E-state index is 13.4. The first-order chi connectivity index (χ1) is 16.5. The Bertz CT molecular complexity index is 957. The van der Waals surface area contributed by atoms with Gasteiger partial charge in [-0.2, -0.15) is 0 Å². The SMILES string of the molecule is CCOC(=O)C(=O)Nc1ccc(C(=O)NC2(C3CCCCC3)C=CC=C(N3CCCC3)C2)cc1. The minimum atomic E-state index is -0.926. The zero-order valence-corrected chi connectivity index (χ0v) is 20.0. The number of nitrogens with zero attached hydrogens (tertiary/aromatic N) is 1. The summed E-state index contributed by atoms with van der Waals surface area (Å²) < 4.78 is 4.71. The van der Waals surface area contributed by atoms with E-state index in [-0.39, 0.29) is 18.1 Å². The Labute approximate surface area is 201 Å². The molecule has 3 aliphatic rings. The van der Waals surface area contributed by atoms with Crippen molar-refractivity contribution in [2.45, 2.75) is 63.8 Å². The molecule has 1 heterocycles. The average Bonchev–Trinajstić information content (AvgIpc) is 3.40. The van der Waals surface area contributed by atoms with E-state index in [2.05, 4.69) is 33.8 Å². The lowest BCUT2D eigenvalue weighted by Crippen LogP contribution is -2.54. The van der Waals surface area contributed by atoms with E-state index in [1.807, 2.05) is 0 Å². The van der Waals surface area contributed by atoms with E-state index in [1.54, 1.807) is 31.2 Å². The van der Waals surface area contributed by atoms with Gasteiger partial charge in [-0.15, -0.1) is 0 Å². The van der Waals surface area contributed by atoms with Gasteiger partial charge in [0.2, 0.25) is 0 Å². The summed E-state index contributed by atoms with van der Waals surface area (Å²) in [5.41, 5.74) is 1.90. The highest BCUT2D eigenvalue weighted by molar-refractivity contribution is 6.37. The number of esters is 1. The molecule has 1 aliphatic heterocycles. The van der Waals surface area contributed by atoms with Gasteiger partial charge in [0, 0.05) is 36.5 Å². The van der Waals surface area contributed by atoms with Gasteiger partial charge in [-0.1, -0.05) is 31.4 Å². The van der Waals surface area contributed by atoms with E-state index in [9.17, 15) is 14.4 Å². The van der Waals surface area contributed by atoms with Crippen molar-refractivity contribution in [1.82, 2.24) is 10.2 Å². The molecule has 182 valence electrons. The van der Waals surface area contributed by atoms with Gasteiger partial charge in [0.05, 0.1) is 12.1 Å². The Hall–Kier alpha value is -3.09. The van der Waals surface area contributed by atoms with Crippen LogP contribution < -0.4 is 10.6 Å².